The maximum absolute atomic E-state index is 12.1. The van der Waals surface area contributed by atoms with Gasteiger partial charge in [0.15, 0.2) is 5.69 Å². The lowest BCUT2D eigenvalue weighted by Gasteiger charge is -2.22. The summed E-state index contributed by atoms with van der Waals surface area (Å²) in [5.41, 5.74) is 0.310. The summed E-state index contributed by atoms with van der Waals surface area (Å²) in [6.45, 7) is 2.51. The van der Waals surface area contributed by atoms with Crippen LogP contribution in [0.2, 0.25) is 5.02 Å². The van der Waals surface area contributed by atoms with Crippen molar-refractivity contribution >= 4 is 17.5 Å². The molecule has 0 aromatic carbocycles. The van der Waals surface area contributed by atoms with Gasteiger partial charge < -0.3 is 15.4 Å². The molecular weight excluding hydrogens is 332 g/mol. The number of hydrogen-bond acceptors (Lipinski definition) is 6. The molecule has 3 rings (SSSR count). The van der Waals surface area contributed by atoms with Crippen molar-refractivity contribution in [2.45, 2.75) is 18.9 Å². The Morgan fingerprint density at radius 3 is 3.08 bits per heavy atom. The highest BCUT2D eigenvalue weighted by Crippen LogP contribution is 2.19. The quantitative estimate of drug-likeness (QED) is 0.757. The standard InChI is InChI=1S/C15H19ClN6O2/c16-12-2-1-5-19-15(12)24-9-8-18-14(23)13-10-22(21-20-13)11-3-6-17-7-4-11/h1-2,5,10-11,17H,3-4,6-9H2,(H,18,23). The van der Waals surface area contributed by atoms with E-state index in [1.54, 1.807) is 29.2 Å². The third kappa shape index (κ3) is 4.21. The van der Waals surface area contributed by atoms with Crippen molar-refractivity contribution in [2.75, 3.05) is 26.2 Å². The molecule has 9 heteroatoms. The number of halogens is 1. The number of nitrogens with zero attached hydrogens (tertiary/aromatic N) is 4. The molecule has 0 aliphatic carbocycles. The molecule has 0 atom stereocenters. The van der Waals surface area contributed by atoms with Gasteiger partial charge in [-0.3, -0.25) is 4.79 Å². The number of ether oxygens (including phenoxy) is 1. The average Bonchev–Trinajstić information content (AvgIpc) is 3.11. The molecule has 2 aromatic heterocycles. The number of hydrogen-bond donors (Lipinski definition) is 2. The average molecular weight is 351 g/mol. The fourth-order valence-corrected chi connectivity index (χ4v) is 2.69. The summed E-state index contributed by atoms with van der Waals surface area (Å²) >= 11 is 5.94. The summed E-state index contributed by atoms with van der Waals surface area (Å²) in [6.07, 6.45) is 5.27. The van der Waals surface area contributed by atoms with Crippen LogP contribution in [0.5, 0.6) is 5.88 Å². The van der Waals surface area contributed by atoms with Gasteiger partial charge in [0.25, 0.3) is 5.91 Å². The Morgan fingerprint density at radius 1 is 1.46 bits per heavy atom. The monoisotopic (exact) mass is 350 g/mol. The van der Waals surface area contributed by atoms with Gasteiger partial charge in [-0.2, -0.15) is 0 Å². The van der Waals surface area contributed by atoms with Gasteiger partial charge in [0.2, 0.25) is 5.88 Å². The van der Waals surface area contributed by atoms with Crippen molar-refractivity contribution in [3.8, 4) is 5.88 Å². The number of rotatable bonds is 6. The van der Waals surface area contributed by atoms with Gasteiger partial charge >= 0.3 is 0 Å². The van der Waals surface area contributed by atoms with Gasteiger partial charge in [-0.15, -0.1) is 5.10 Å². The van der Waals surface area contributed by atoms with E-state index < -0.39 is 0 Å². The van der Waals surface area contributed by atoms with Gasteiger partial charge in [-0.1, -0.05) is 16.8 Å². The van der Waals surface area contributed by atoms with Crippen LogP contribution in [-0.4, -0.2) is 52.1 Å². The van der Waals surface area contributed by atoms with E-state index in [0.29, 0.717) is 29.2 Å². The van der Waals surface area contributed by atoms with Gasteiger partial charge in [0, 0.05) is 6.20 Å². The number of aromatic nitrogens is 4. The minimum atomic E-state index is -0.272. The lowest BCUT2D eigenvalue weighted by Crippen LogP contribution is -2.30. The minimum Gasteiger partial charge on any atom is -0.475 e. The third-order valence-electron chi connectivity index (χ3n) is 3.78. The van der Waals surface area contributed by atoms with E-state index in [0.717, 1.165) is 25.9 Å². The SMILES string of the molecule is O=C(NCCOc1ncccc1Cl)c1cn(C2CCNCC2)nn1. The Balaban J connectivity index is 1.45. The van der Waals surface area contributed by atoms with Gasteiger partial charge in [-0.05, 0) is 38.1 Å². The Morgan fingerprint density at radius 2 is 2.29 bits per heavy atom. The lowest BCUT2D eigenvalue weighted by molar-refractivity contribution is 0.0941. The maximum Gasteiger partial charge on any atom is 0.273 e. The van der Waals surface area contributed by atoms with E-state index in [1.807, 2.05) is 0 Å². The Kier molecular flexibility index (Phi) is 5.60. The molecular formula is C15H19ClN6O2. The molecule has 128 valence electrons. The molecule has 1 amide bonds. The molecule has 2 aromatic rings. The van der Waals surface area contributed by atoms with Crippen LogP contribution in [0, 0.1) is 0 Å². The molecule has 1 saturated heterocycles. The van der Waals surface area contributed by atoms with Crippen molar-refractivity contribution in [3.05, 3.63) is 35.2 Å². The summed E-state index contributed by atoms with van der Waals surface area (Å²) in [7, 11) is 0. The van der Waals surface area contributed by atoms with Crippen LogP contribution in [0.25, 0.3) is 0 Å². The molecule has 24 heavy (non-hydrogen) atoms. The molecule has 0 radical (unpaired) electrons. The van der Waals surface area contributed by atoms with Crippen LogP contribution in [-0.2, 0) is 0 Å². The number of pyridine rings is 1. The van der Waals surface area contributed by atoms with Crippen molar-refractivity contribution in [1.82, 2.24) is 30.6 Å². The second-order valence-electron chi connectivity index (χ2n) is 5.46. The molecule has 2 N–H and O–H groups in total. The van der Waals surface area contributed by atoms with E-state index in [-0.39, 0.29) is 12.5 Å². The molecule has 0 bridgehead atoms. The van der Waals surface area contributed by atoms with E-state index in [1.165, 1.54) is 0 Å². The van der Waals surface area contributed by atoms with Gasteiger partial charge in [0.05, 0.1) is 18.8 Å². The van der Waals surface area contributed by atoms with E-state index >= 15 is 0 Å². The van der Waals surface area contributed by atoms with Crippen molar-refractivity contribution in [3.63, 3.8) is 0 Å². The predicted molar refractivity (Wildman–Crippen MR) is 88.2 cm³/mol. The summed E-state index contributed by atoms with van der Waals surface area (Å²) < 4.78 is 7.20. The summed E-state index contributed by atoms with van der Waals surface area (Å²) in [5.74, 6) is 0.0798. The number of carbonyl (C=O) groups excluding carboxylic acids is 1. The molecule has 0 spiro atoms. The van der Waals surface area contributed by atoms with E-state index in [2.05, 4.69) is 25.9 Å². The largest absolute Gasteiger partial charge is 0.475 e. The first-order valence-corrected chi connectivity index (χ1v) is 8.26. The van der Waals surface area contributed by atoms with E-state index in [9.17, 15) is 4.79 Å². The zero-order valence-corrected chi connectivity index (χ0v) is 13.9. The van der Waals surface area contributed by atoms with Crippen LogP contribution >= 0.6 is 11.6 Å². The zero-order valence-electron chi connectivity index (χ0n) is 13.1. The molecule has 8 nitrogen and oxygen atoms in total. The highest BCUT2D eigenvalue weighted by atomic mass is 35.5. The maximum atomic E-state index is 12.1. The zero-order chi connectivity index (χ0) is 16.8. The molecule has 3 heterocycles. The number of amides is 1. The second kappa shape index (κ2) is 8.07. The molecule has 1 aliphatic rings. The van der Waals surface area contributed by atoms with Crippen LogP contribution in [0.1, 0.15) is 29.4 Å². The van der Waals surface area contributed by atoms with Crippen molar-refractivity contribution < 1.29 is 9.53 Å². The summed E-state index contributed by atoms with van der Waals surface area (Å²) in [4.78, 5) is 16.1. The first-order valence-electron chi connectivity index (χ1n) is 7.88. The number of piperidine rings is 1. The van der Waals surface area contributed by atoms with Crippen molar-refractivity contribution in [2.24, 2.45) is 0 Å². The summed E-state index contributed by atoms with van der Waals surface area (Å²) in [6, 6.07) is 3.72. The first kappa shape index (κ1) is 16.7. The lowest BCUT2D eigenvalue weighted by atomic mass is 10.1. The summed E-state index contributed by atoms with van der Waals surface area (Å²) in [5, 5.41) is 14.5. The van der Waals surface area contributed by atoms with Crippen LogP contribution in [0.15, 0.2) is 24.5 Å². The predicted octanol–water partition coefficient (Wildman–Crippen LogP) is 1.06. The normalized spacial score (nSPS) is 15.2. The molecule has 0 unspecified atom stereocenters. The Labute approximate surface area is 144 Å². The van der Waals surface area contributed by atoms with Gasteiger partial charge in [-0.25, -0.2) is 9.67 Å². The Bertz CT molecular complexity index is 686. The number of carbonyl (C=O) groups is 1. The number of nitrogens with one attached hydrogen (secondary N) is 2. The van der Waals surface area contributed by atoms with Gasteiger partial charge in [0.1, 0.15) is 11.6 Å². The molecule has 0 saturated carbocycles. The third-order valence-corrected chi connectivity index (χ3v) is 4.06. The first-order chi connectivity index (χ1) is 11.7. The molecule has 1 fully saturated rings. The second-order valence-corrected chi connectivity index (χ2v) is 5.87. The Hall–Kier alpha value is -2.19. The smallest absolute Gasteiger partial charge is 0.273 e. The highest BCUT2D eigenvalue weighted by molar-refractivity contribution is 6.31. The van der Waals surface area contributed by atoms with Crippen LogP contribution in [0.3, 0.4) is 0 Å². The van der Waals surface area contributed by atoms with Crippen molar-refractivity contribution in [1.29, 1.82) is 0 Å². The van der Waals surface area contributed by atoms with Crippen LogP contribution < -0.4 is 15.4 Å². The fourth-order valence-electron chi connectivity index (χ4n) is 2.51. The molecule has 1 aliphatic heterocycles. The fraction of sp³-hybridized carbons (Fsp3) is 0.467. The van der Waals surface area contributed by atoms with E-state index in [4.69, 9.17) is 16.3 Å². The van der Waals surface area contributed by atoms with Crippen LogP contribution in [0.4, 0.5) is 0 Å². The highest BCUT2D eigenvalue weighted by Gasteiger charge is 2.18. The topological polar surface area (TPSA) is 94.0 Å². The minimum absolute atomic E-state index is 0.269.